The summed E-state index contributed by atoms with van der Waals surface area (Å²) in [6.07, 6.45) is 2.30. The van der Waals surface area contributed by atoms with Crippen LogP contribution >= 0.6 is 11.3 Å². The van der Waals surface area contributed by atoms with Gasteiger partial charge >= 0.3 is 5.97 Å². The zero-order valence-electron chi connectivity index (χ0n) is 11.1. The van der Waals surface area contributed by atoms with E-state index in [-0.39, 0.29) is 9.77 Å². The number of thiophene rings is 1. The van der Waals surface area contributed by atoms with Crippen molar-refractivity contribution in [1.29, 1.82) is 0 Å². The number of sulfonamides is 1. The number of amides is 1. The van der Waals surface area contributed by atoms with Gasteiger partial charge in [0.1, 0.15) is 4.88 Å². The summed E-state index contributed by atoms with van der Waals surface area (Å²) in [5.74, 6) is -1.09. The highest BCUT2D eigenvalue weighted by atomic mass is 32.2. The molecule has 1 N–H and O–H groups in total. The summed E-state index contributed by atoms with van der Waals surface area (Å²) >= 11 is 0.958. The number of carbonyl (C=O) groups is 2. The van der Waals surface area contributed by atoms with E-state index in [0.717, 1.165) is 17.8 Å². The van der Waals surface area contributed by atoms with Gasteiger partial charge in [-0.05, 0) is 18.9 Å². The molecule has 0 saturated heterocycles. The van der Waals surface area contributed by atoms with Crippen LogP contribution in [0.3, 0.4) is 0 Å². The molecule has 0 aromatic carbocycles. The Hall–Kier alpha value is -1.41. The molecule has 0 bridgehead atoms. The maximum Gasteiger partial charge on any atom is 0.348 e. The van der Waals surface area contributed by atoms with Crippen LogP contribution in [0.2, 0.25) is 0 Å². The largest absolute Gasteiger partial charge is 0.465 e. The SMILES string of the molecule is COC(=O)c1cc(S(=O)(=O)NC(=O)C2(C)CCC2)cs1. The molecule has 0 aliphatic heterocycles. The molecule has 1 amide bonds. The molecule has 1 aliphatic carbocycles. The average molecular weight is 317 g/mol. The van der Waals surface area contributed by atoms with Gasteiger partial charge < -0.3 is 4.74 Å². The topological polar surface area (TPSA) is 89.5 Å². The molecule has 110 valence electrons. The van der Waals surface area contributed by atoms with Gasteiger partial charge in [-0.3, -0.25) is 4.79 Å². The van der Waals surface area contributed by atoms with Gasteiger partial charge in [-0.15, -0.1) is 11.3 Å². The molecule has 6 nitrogen and oxygen atoms in total. The van der Waals surface area contributed by atoms with Crippen molar-refractivity contribution >= 4 is 33.2 Å². The highest BCUT2D eigenvalue weighted by Crippen LogP contribution is 2.40. The van der Waals surface area contributed by atoms with E-state index in [4.69, 9.17) is 0 Å². The zero-order chi connectivity index (χ0) is 15.0. The van der Waals surface area contributed by atoms with Crippen molar-refractivity contribution < 1.29 is 22.7 Å². The van der Waals surface area contributed by atoms with Gasteiger partial charge in [-0.2, -0.15) is 0 Å². The Morgan fingerprint density at radius 2 is 2.05 bits per heavy atom. The molecular formula is C12H15NO5S2. The Balaban J connectivity index is 2.16. The number of nitrogens with one attached hydrogen (secondary N) is 1. The van der Waals surface area contributed by atoms with Crippen LogP contribution in [0.15, 0.2) is 16.3 Å². The first-order valence-electron chi connectivity index (χ1n) is 6.03. The summed E-state index contributed by atoms with van der Waals surface area (Å²) < 4.78 is 30.7. The minimum atomic E-state index is -3.94. The molecule has 8 heteroatoms. The molecule has 1 saturated carbocycles. The normalized spacial score (nSPS) is 17.1. The van der Waals surface area contributed by atoms with E-state index in [9.17, 15) is 18.0 Å². The van der Waals surface area contributed by atoms with Crippen molar-refractivity contribution in [3.05, 3.63) is 16.3 Å². The number of methoxy groups -OCH3 is 1. The molecule has 0 atom stereocenters. The monoisotopic (exact) mass is 317 g/mol. The highest BCUT2D eigenvalue weighted by Gasteiger charge is 2.41. The first-order chi connectivity index (χ1) is 9.28. The highest BCUT2D eigenvalue weighted by molar-refractivity contribution is 7.90. The van der Waals surface area contributed by atoms with Gasteiger partial charge in [0.25, 0.3) is 10.0 Å². The third kappa shape index (κ3) is 2.71. The van der Waals surface area contributed by atoms with Crippen molar-refractivity contribution in [3.63, 3.8) is 0 Å². The first kappa shape index (κ1) is 15.0. The van der Waals surface area contributed by atoms with Gasteiger partial charge in [-0.25, -0.2) is 17.9 Å². The lowest BCUT2D eigenvalue weighted by Crippen LogP contribution is -2.45. The summed E-state index contributed by atoms with van der Waals surface area (Å²) in [4.78, 5) is 23.3. The lowest BCUT2D eigenvalue weighted by atomic mass is 9.70. The molecule has 1 aromatic heterocycles. The predicted molar refractivity (Wildman–Crippen MR) is 72.9 cm³/mol. The van der Waals surface area contributed by atoms with Crippen molar-refractivity contribution in [2.75, 3.05) is 7.11 Å². The number of hydrogen-bond donors (Lipinski definition) is 1. The second-order valence-electron chi connectivity index (χ2n) is 4.99. The van der Waals surface area contributed by atoms with Crippen molar-refractivity contribution in [1.82, 2.24) is 4.72 Å². The maximum absolute atomic E-state index is 12.1. The molecule has 1 fully saturated rings. The number of hydrogen-bond acceptors (Lipinski definition) is 6. The van der Waals surface area contributed by atoms with Crippen LogP contribution in [0, 0.1) is 5.41 Å². The summed E-state index contributed by atoms with van der Waals surface area (Å²) in [6, 6.07) is 1.20. The summed E-state index contributed by atoms with van der Waals surface area (Å²) in [5, 5.41) is 1.31. The van der Waals surface area contributed by atoms with Crippen LogP contribution in [-0.2, 0) is 19.6 Å². The Kier molecular flexibility index (Phi) is 3.88. The van der Waals surface area contributed by atoms with Gasteiger partial charge in [0.05, 0.1) is 12.0 Å². The van der Waals surface area contributed by atoms with Crippen molar-refractivity contribution in [3.8, 4) is 0 Å². The standard InChI is InChI=1S/C12H15NO5S2/c1-12(4-3-5-12)11(15)13-20(16,17)8-6-9(19-7-8)10(14)18-2/h6-7H,3-5H2,1-2H3,(H,13,15). The summed E-state index contributed by atoms with van der Waals surface area (Å²) in [5.41, 5.74) is -0.603. The van der Waals surface area contributed by atoms with Crippen molar-refractivity contribution in [2.45, 2.75) is 31.1 Å². The van der Waals surface area contributed by atoms with Crippen LogP contribution in [0.4, 0.5) is 0 Å². The fraction of sp³-hybridized carbons (Fsp3) is 0.500. The van der Waals surface area contributed by atoms with Crippen molar-refractivity contribution in [2.24, 2.45) is 5.41 Å². The molecule has 2 rings (SSSR count). The van der Waals surface area contributed by atoms with Crippen LogP contribution < -0.4 is 4.72 Å². The van der Waals surface area contributed by atoms with E-state index in [1.807, 2.05) is 0 Å². The molecular weight excluding hydrogens is 302 g/mol. The summed E-state index contributed by atoms with van der Waals surface area (Å²) in [7, 11) is -2.72. The van der Waals surface area contributed by atoms with E-state index >= 15 is 0 Å². The van der Waals surface area contributed by atoms with Gasteiger partial charge in [0, 0.05) is 10.8 Å². The zero-order valence-corrected chi connectivity index (χ0v) is 12.8. The third-order valence-electron chi connectivity index (χ3n) is 3.50. The molecule has 0 unspecified atom stereocenters. The lowest BCUT2D eigenvalue weighted by Gasteiger charge is -2.36. The van der Waals surface area contributed by atoms with E-state index in [1.165, 1.54) is 18.6 Å². The smallest absolute Gasteiger partial charge is 0.348 e. The van der Waals surface area contributed by atoms with E-state index in [0.29, 0.717) is 12.8 Å². The molecule has 1 heterocycles. The Bertz CT molecular complexity index is 643. The fourth-order valence-corrected chi connectivity index (χ4v) is 4.20. The molecule has 0 radical (unpaired) electrons. The van der Waals surface area contributed by atoms with E-state index in [1.54, 1.807) is 6.92 Å². The lowest BCUT2D eigenvalue weighted by molar-refractivity contribution is -0.132. The second kappa shape index (κ2) is 5.17. The predicted octanol–water partition coefficient (Wildman–Crippen LogP) is 1.53. The first-order valence-corrected chi connectivity index (χ1v) is 8.39. The number of carbonyl (C=O) groups excluding carboxylic acids is 2. The second-order valence-corrected chi connectivity index (χ2v) is 7.58. The van der Waals surface area contributed by atoms with Crippen LogP contribution in [0.5, 0.6) is 0 Å². The average Bonchev–Trinajstić information content (AvgIpc) is 2.84. The molecule has 1 aliphatic rings. The minimum Gasteiger partial charge on any atom is -0.465 e. The quantitative estimate of drug-likeness (QED) is 0.851. The molecule has 20 heavy (non-hydrogen) atoms. The Labute approximate surface area is 121 Å². The van der Waals surface area contributed by atoms with Crippen LogP contribution in [0.25, 0.3) is 0 Å². The van der Waals surface area contributed by atoms with Crippen LogP contribution in [-0.4, -0.2) is 27.4 Å². The van der Waals surface area contributed by atoms with Gasteiger partial charge in [-0.1, -0.05) is 13.3 Å². The van der Waals surface area contributed by atoms with Gasteiger partial charge in [0.2, 0.25) is 5.91 Å². The number of rotatable bonds is 4. The molecule has 1 aromatic rings. The fourth-order valence-electron chi connectivity index (χ4n) is 1.91. The maximum atomic E-state index is 12.1. The van der Waals surface area contributed by atoms with Gasteiger partial charge in [0.15, 0.2) is 0 Å². The number of ether oxygens (including phenoxy) is 1. The third-order valence-corrected chi connectivity index (χ3v) is 5.87. The Morgan fingerprint density at radius 3 is 2.55 bits per heavy atom. The van der Waals surface area contributed by atoms with E-state index in [2.05, 4.69) is 9.46 Å². The molecule has 0 spiro atoms. The Morgan fingerprint density at radius 1 is 1.40 bits per heavy atom. The number of esters is 1. The minimum absolute atomic E-state index is 0.0980. The summed E-state index contributed by atoms with van der Waals surface area (Å²) in [6.45, 7) is 1.74. The van der Waals surface area contributed by atoms with Crippen LogP contribution in [0.1, 0.15) is 35.9 Å². The van der Waals surface area contributed by atoms with E-state index < -0.39 is 27.3 Å².